The third kappa shape index (κ3) is 4.69. The maximum Gasteiger partial charge on any atom is 0.306 e. The van der Waals surface area contributed by atoms with Crippen LogP contribution in [0.4, 0.5) is 11.6 Å². The Morgan fingerprint density at radius 1 is 1.25 bits per heavy atom. The highest BCUT2D eigenvalue weighted by Gasteiger charge is 2.39. The van der Waals surface area contributed by atoms with E-state index in [2.05, 4.69) is 20.3 Å². The van der Waals surface area contributed by atoms with Gasteiger partial charge in [0.15, 0.2) is 0 Å². The SMILES string of the molecule is COc1nc(Nc2cc(C)cc(-c3cnc([C@]4(O)CC[C@@H](C(=O)O)CC4)s3)c2)ncc1Cl. The van der Waals surface area contributed by atoms with Crippen molar-refractivity contribution in [3.63, 3.8) is 0 Å². The fourth-order valence-corrected chi connectivity index (χ4v) is 5.08. The van der Waals surface area contributed by atoms with Crippen LogP contribution in [0, 0.1) is 12.8 Å². The molecule has 0 radical (unpaired) electrons. The maximum absolute atomic E-state index is 11.2. The van der Waals surface area contributed by atoms with Gasteiger partial charge in [-0.2, -0.15) is 4.98 Å². The molecule has 8 nitrogen and oxygen atoms in total. The second kappa shape index (κ2) is 9.01. The van der Waals surface area contributed by atoms with E-state index in [1.54, 1.807) is 6.20 Å². The van der Waals surface area contributed by atoms with Crippen molar-refractivity contribution in [2.24, 2.45) is 5.92 Å². The summed E-state index contributed by atoms with van der Waals surface area (Å²) in [5.41, 5.74) is 1.69. The highest BCUT2D eigenvalue weighted by atomic mass is 35.5. The van der Waals surface area contributed by atoms with Gasteiger partial charge in [-0.3, -0.25) is 4.79 Å². The molecule has 2 aromatic heterocycles. The number of aromatic nitrogens is 3. The summed E-state index contributed by atoms with van der Waals surface area (Å²) in [6, 6.07) is 5.97. The zero-order valence-corrected chi connectivity index (χ0v) is 19.2. The first-order chi connectivity index (χ1) is 15.3. The molecule has 0 atom stereocenters. The molecule has 1 aromatic carbocycles. The normalized spacial score (nSPS) is 20.7. The summed E-state index contributed by atoms with van der Waals surface area (Å²) in [6.45, 7) is 1.99. The summed E-state index contributed by atoms with van der Waals surface area (Å²) >= 11 is 7.43. The third-order valence-electron chi connectivity index (χ3n) is 5.59. The number of ether oxygens (including phenoxy) is 1. The van der Waals surface area contributed by atoms with Crippen LogP contribution in [0.1, 0.15) is 36.3 Å². The average Bonchev–Trinajstić information content (AvgIpc) is 3.26. The molecule has 32 heavy (non-hydrogen) atoms. The van der Waals surface area contributed by atoms with E-state index >= 15 is 0 Å². The Morgan fingerprint density at radius 2 is 2.00 bits per heavy atom. The Morgan fingerprint density at radius 3 is 2.69 bits per heavy atom. The molecule has 3 N–H and O–H groups in total. The van der Waals surface area contributed by atoms with Crippen molar-refractivity contribution in [2.45, 2.75) is 38.2 Å². The number of anilines is 2. The summed E-state index contributed by atoms with van der Waals surface area (Å²) < 4.78 is 5.14. The van der Waals surface area contributed by atoms with Gasteiger partial charge in [0.25, 0.3) is 0 Å². The minimum absolute atomic E-state index is 0.287. The van der Waals surface area contributed by atoms with Crippen molar-refractivity contribution in [2.75, 3.05) is 12.4 Å². The number of nitrogens with zero attached hydrogens (tertiary/aromatic N) is 3. The number of rotatable bonds is 6. The fraction of sp³-hybridized carbons (Fsp3) is 0.364. The number of methoxy groups -OCH3 is 1. The van der Waals surface area contributed by atoms with E-state index in [4.69, 9.17) is 16.3 Å². The van der Waals surface area contributed by atoms with Crippen LogP contribution in [0.15, 0.2) is 30.6 Å². The Bertz CT molecular complexity index is 1140. The maximum atomic E-state index is 11.2. The third-order valence-corrected chi connectivity index (χ3v) is 7.09. The van der Waals surface area contributed by atoms with Gasteiger partial charge < -0.3 is 20.3 Å². The van der Waals surface area contributed by atoms with Crippen molar-refractivity contribution < 1.29 is 19.7 Å². The lowest BCUT2D eigenvalue weighted by atomic mass is 9.79. The van der Waals surface area contributed by atoms with Gasteiger partial charge in [-0.05, 0) is 55.9 Å². The molecule has 0 bridgehead atoms. The van der Waals surface area contributed by atoms with Crippen molar-refractivity contribution in [3.05, 3.63) is 46.2 Å². The summed E-state index contributed by atoms with van der Waals surface area (Å²) in [4.78, 5) is 25.0. The van der Waals surface area contributed by atoms with Crippen LogP contribution >= 0.6 is 22.9 Å². The van der Waals surface area contributed by atoms with Crippen LogP contribution in [-0.4, -0.2) is 38.2 Å². The van der Waals surface area contributed by atoms with Crippen LogP contribution in [0.25, 0.3) is 10.4 Å². The number of thiazole rings is 1. The molecule has 0 unspecified atom stereocenters. The zero-order valence-electron chi connectivity index (χ0n) is 17.6. The minimum Gasteiger partial charge on any atom is -0.481 e. The largest absolute Gasteiger partial charge is 0.481 e. The molecular weight excluding hydrogens is 452 g/mol. The number of aliphatic carboxylic acids is 1. The highest BCUT2D eigenvalue weighted by Crippen LogP contribution is 2.43. The molecule has 0 aliphatic heterocycles. The van der Waals surface area contributed by atoms with Crippen molar-refractivity contribution >= 4 is 40.5 Å². The molecule has 1 aliphatic rings. The second-order valence-corrected chi connectivity index (χ2v) is 9.38. The Hall–Kier alpha value is -2.75. The Labute approximate surface area is 194 Å². The number of carboxylic acids is 1. The molecule has 2 heterocycles. The van der Waals surface area contributed by atoms with Gasteiger partial charge in [0.1, 0.15) is 15.6 Å². The number of aliphatic hydroxyl groups is 1. The van der Waals surface area contributed by atoms with E-state index < -0.39 is 17.5 Å². The average molecular weight is 475 g/mol. The van der Waals surface area contributed by atoms with Gasteiger partial charge in [-0.25, -0.2) is 9.97 Å². The number of hydrogen-bond acceptors (Lipinski definition) is 8. The van der Waals surface area contributed by atoms with Crippen molar-refractivity contribution in [3.8, 4) is 16.3 Å². The van der Waals surface area contributed by atoms with Gasteiger partial charge in [-0.15, -0.1) is 11.3 Å². The van der Waals surface area contributed by atoms with E-state index in [1.807, 2.05) is 25.1 Å². The van der Waals surface area contributed by atoms with Crippen LogP contribution in [-0.2, 0) is 10.4 Å². The predicted molar refractivity (Wildman–Crippen MR) is 123 cm³/mol. The predicted octanol–water partition coefficient (Wildman–Crippen LogP) is 4.78. The Kier molecular flexibility index (Phi) is 6.32. The lowest BCUT2D eigenvalue weighted by Crippen LogP contribution is -2.33. The molecule has 1 fully saturated rings. The molecule has 10 heteroatoms. The van der Waals surface area contributed by atoms with Crippen molar-refractivity contribution in [1.29, 1.82) is 0 Å². The minimum atomic E-state index is -1.08. The smallest absolute Gasteiger partial charge is 0.306 e. The fourth-order valence-electron chi connectivity index (χ4n) is 3.86. The lowest BCUT2D eigenvalue weighted by molar-refractivity contribution is -0.145. The molecule has 1 saturated carbocycles. The summed E-state index contributed by atoms with van der Waals surface area (Å²) in [5.74, 6) is -0.546. The van der Waals surface area contributed by atoms with E-state index in [0.29, 0.717) is 41.7 Å². The number of aryl methyl sites for hydroxylation is 1. The number of carbonyl (C=O) groups is 1. The van der Waals surface area contributed by atoms with Gasteiger partial charge >= 0.3 is 5.97 Å². The molecule has 0 saturated heterocycles. The second-order valence-electron chi connectivity index (χ2n) is 7.94. The first-order valence-electron chi connectivity index (χ1n) is 10.1. The zero-order chi connectivity index (χ0) is 22.9. The summed E-state index contributed by atoms with van der Waals surface area (Å²) in [7, 11) is 1.49. The molecule has 0 spiro atoms. The molecule has 3 aromatic rings. The van der Waals surface area contributed by atoms with E-state index in [1.165, 1.54) is 24.6 Å². The first kappa shape index (κ1) is 22.4. The van der Waals surface area contributed by atoms with Gasteiger partial charge in [0, 0.05) is 11.9 Å². The molecule has 4 rings (SSSR count). The number of halogens is 1. The quantitative estimate of drug-likeness (QED) is 0.467. The van der Waals surface area contributed by atoms with Crippen LogP contribution < -0.4 is 10.1 Å². The van der Waals surface area contributed by atoms with E-state index in [9.17, 15) is 15.0 Å². The summed E-state index contributed by atoms with van der Waals surface area (Å²) in [6.07, 6.45) is 4.91. The van der Waals surface area contributed by atoms with Crippen molar-refractivity contribution in [1.82, 2.24) is 15.0 Å². The number of carboxylic acid groups (broad SMARTS) is 1. The van der Waals surface area contributed by atoms with Crippen LogP contribution in [0.5, 0.6) is 5.88 Å². The molecular formula is C22H23ClN4O4S. The van der Waals surface area contributed by atoms with Crippen LogP contribution in [0.2, 0.25) is 5.02 Å². The first-order valence-corrected chi connectivity index (χ1v) is 11.3. The van der Waals surface area contributed by atoms with Gasteiger partial charge in [0.2, 0.25) is 11.8 Å². The molecule has 1 aliphatic carbocycles. The van der Waals surface area contributed by atoms with Crippen LogP contribution in [0.3, 0.4) is 0 Å². The lowest BCUT2D eigenvalue weighted by Gasteiger charge is -2.32. The number of benzene rings is 1. The topological polar surface area (TPSA) is 117 Å². The van der Waals surface area contributed by atoms with Gasteiger partial charge in [0.05, 0.1) is 24.1 Å². The molecule has 168 valence electrons. The Balaban J connectivity index is 1.56. The molecule has 0 amide bonds. The number of nitrogens with one attached hydrogen (secondary N) is 1. The van der Waals surface area contributed by atoms with E-state index in [0.717, 1.165) is 21.7 Å². The standard InChI is InChI=1S/C22H23ClN4O4S/c1-12-7-14(9-15(8-12)26-21-25-10-16(23)18(27-21)31-2)17-11-24-20(32-17)22(30)5-3-13(4-6-22)19(28)29/h7-11,13,30H,3-6H2,1-2H3,(H,28,29)(H,25,26,27)/t13-,22+. The van der Waals surface area contributed by atoms with E-state index in [-0.39, 0.29) is 5.88 Å². The monoisotopic (exact) mass is 474 g/mol. The highest BCUT2D eigenvalue weighted by molar-refractivity contribution is 7.15. The van der Waals surface area contributed by atoms with Gasteiger partial charge in [-0.1, -0.05) is 17.7 Å². The summed E-state index contributed by atoms with van der Waals surface area (Å²) in [5, 5.41) is 24.4. The number of hydrogen-bond donors (Lipinski definition) is 3.